The summed E-state index contributed by atoms with van der Waals surface area (Å²) in [7, 11) is 0. The van der Waals surface area contributed by atoms with E-state index in [0.29, 0.717) is 24.3 Å². The van der Waals surface area contributed by atoms with Gasteiger partial charge in [-0.1, -0.05) is 0 Å². The quantitative estimate of drug-likeness (QED) is 0.850. The number of aliphatic carboxylic acids is 1. The smallest absolute Gasteiger partial charge is 0.311 e. The Hall–Kier alpha value is -1.75. The molecule has 1 fully saturated rings. The summed E-state index contributed by atoms with van der Waals surface area (Å²) in [4.78, 5) is 11.3. The van der Waals surface area contributed by atoms with Crippen molar-refractivity contribution < 1.29 is 19.4 Å². The molecular formula is C13H15NO4. The van der Waals surface area contributed by atoms with Crippen LogP contribution in [0.15, 0.2) is 12.1 Å². The number of carbonyl (C=O) groups is 1. The Morgan fingerprint density at radius 2 is 2.00 bits per heavy atom. The van der Waals surface area contributed by atoms with Gasteiger partial charge in [-0.3, -0.25) is 4.79 Å². The van der Waals surface area contributed by atoms with Crippen LogP contribution >= 0.6 is 0 Å². The molecule has 1 saturated carbocycles. The van der Waals surface area contributed by atoms with E-state index >= 15 is 0 Å². The highest BCUT2D eigenvalue weighted by Crippen LogP contribution is 2.55. The van der Waals surface area contributed by atoms with Gasteiger partial charge in [0.05, 0.1) is 5.41 Å². The average molecular weight is 249 g/mol. The molecule has 1 heterocycles. The molecule has 18 heavy (non-hydrogen) atoms. The van der Waals surface area contributed by atoms with E-state index < -0.39 is 17.4 Å². The topological polar surface area (TPSA) is 81.8 Å². The van der Waals surface area contributed by atoms with Crippen LogP contribution in [0.2, 0.25) is 0 Å². The number of benzene rings is 1. The molecule has 3 N–H and O–H groups in total. The van der Waals surface area contributed by atoms with Gasteiger partial charge in [0, 0.05) is 6.04 Å². The third kappa shape index (κ3) is 1.47. The summed E-state index contributed by atoms with van der Waals surface area (Å²) in [6.45, 7) is 2.12. The van der Waals surface area contributed by atoms with E-state index in [4.69, 9.17) is 15.2 Å². The second-order valence-electron chi connectivity index (χ2n) is 5.00. The first kappa shape index (κ1) is 11.3. The van der Waals surface area contributed by atoms with Crippen LogP contribution in [0.25, 0.3) is 0 Å². The fraction of sp³-hybridized carbons (Fsp3) is 0.462. The fourth-order valence-corrected chi connectivity index (χ4v) is 2.48. The molecule has 5 heteroatoms. The van der Waals surface area contributed by atoms with Crippen molar-refractivity contribution in [1.82, 2.24) is 0 Å². The molecule has 0 amide bonds. The third-order valence-electron chi connectivity index (χ3n) is 3.91. The fourth-order valence-electron chi connectivity index (χ4n) is 2.48. The number of rotatable bonds is 3. The number of hydrogen-bond acceptors (Lipinski definition) is 4. The highest BCUT2D eigenvalue weighted by molar-refractivity contribution is 5.79. The van der Waals surface area contributed by atoms with Crippen LogP contribution in [0, 0.1) is 12.3 Å². The predicted octanol–water partition coefficient (Wildman–Crippen LogP) is 1.59. The maximum atomic E-state index is 11.3. The number of carboxylic acids is 1. The predicted molar refractivity (Wildman–Crippen MR) is 63.5 cm³/mol. The van der Waals surface area contributed by atoms with Crippen molar-refractivity contribution in [2.75, 3.05) is 6.79 Å². The van der Waals surface area contributed by atoms with Crippen molar-refractivity contribution in [3.8, 4) is 11.5 Å². The molecule has 3 rings (SSSR count). The molecule has 1 atom stereocenters. The van der Waals surface area contributed by atoms with Crippen molar-refractivity contribution in [2.45, 2.75) is 25.8 Å². The maximum Gasteiger partial charge on any atom is 0.311 e. The van der Waals surface area contributed by atoms with Crippen LogP contribution in [0.4, 0.5) is 0 Å². The van der Waals surface area contributed by atoms with Gasteiger partial charge in [-0.25, -0.2) is 0 Å². The molecule has 0 saturated heterocycles. The van der Waals surface area contributed by atoms with Crippen molar-refractivity contribution in [2.24, 2.45) is 11.1 Å². The summed E-state index contributed by atoms with van der Waals surface area (Å²) in [5.41, 5.74) is 7.14. The highest BCUT2D eigenvalue weighted by atomic mass is 16.7. The molecule has 96 valence electrons. The van der Waals surface area contributed by atoms with Crippen molar-refractivity contribution in [3.05, 3.63) is 23.3 Å². The Kier molecular flexibility index (Phi) is 2.28. The summed E-state index contributed by atoms with van der Waals surface area (Å²) < 4.78 is 10.6. The first-order valence-corrected chi connectivity index (χ1v) is 5.94. The van der Waals surface area contributed by atoms with Crippen LogP contribution in [0.5, 0.6) is 11.5 Å². The maximum absolute atomic E-state index is 11.3. The lowest BCUT2D eigenvalue weighted by Gasteiger charge is -2.21. The molecule has 0 bridgehead atoms. The molecule has 1 unspecified atom stereocenters. The number of ether oxygens (including phenoxy) is 2. The van der Waals surface area contributed by atoms with Crippen LogP contribution < -0.4 is 15.2 Å². The lowest BCUT2D eigenvalue weighted by molar-refractivity contribution is -0.144. The second kappa shape index (κ2) is 3.62. The van der Waals surface area contributed by atoms with Gasteiger partial charge in [0.2, 0.25) is 6.79 Å². The summed E-state index contributed by atoms with van der Waals surface area (Å²) >= 11 is 0. The van der Waals surface area contributed by atoms with Crippen LogP contribution in [-0.2, 0) is 4.79 Å². The van der Waals surface area contributed by atoms with Crippen molar-refractivity contribution in [3.63, 3.8) is 0 Å². The number of aryl methyl sites for hydroxylation is 1. The van der Waals surface area contributed by atoms with E-state index in [0.717, 1.165) is 11.1 Å². The summed E-state index contributed by atoms with van der Waals surface area (Å²) in [6, 6.07) is 3.17. The zero-order valence-corrected chi connectivity index (χ0v) is 10.1. The standard InChI is InChI=1S/C13H15NO4/c1-7-4-9-10(18-6-17-9)5-8(7)11(14)13(2-3-13)12(15)16/h4-5,11H,2-3,6,14H2,1H3,(H,15,16). The lowest BCUT2D eigenvalue weighted by Crippen LogP contribution is -2.30. The number of hydrogen-bond donors (Lipinski definition) is 2. The van der Waals surface area contributed by atoms with E-state index in [2.05, 4.69) is 0 Å². The molecule has 0 radical (unpaired) electrons. The monoisotopic (exact) mass is 249 g/mol. The first-order valence-electron chi connectivity index (χ1n) is 5.94. The number of carboxylic acid groups (broad SMARTS) is 1. The van der Waals surface area contributed by atoms with Crippen molar-refractivity contribution in [1.29, 1.82) is 0 Å². The molecule has 1 aromatic rings. The molecule has 0 aromatic heterocycles. The van der Waals surface area contributed by atoms with Crippen LogP contribution in [0.1, 0.15) is 30.0 Å². The average Bonchev–Trinajstić information content (AvgIpc) is 3.02. The Morgan fingerprint density at radius 1 is 1.39 bits per heavy atom. The van der Waals surface area contributed by atoms with E-state index in [-0.39, 0.29) is 6.79 Å². The summed E-state index contributed by atoms with van der Waals surface area (Å²) in [5.74, 6) is 0.530. The van der Waals surface area contributed by atoms with Gasteiger partial charge in [-0.05, 0) is 43.0 Å². The Bertz CT molecular complexity index is 522. The summed E-state index contributed by atoms with van der Waals surface area (Å²) in [5, 5.41) is 9.28. The molecular weight excluding hydrogens is 234 g/mol. The van der Waals surface area contributed by atoms with Gasteiger partial charge < -0.3 is 20.3 Å². The largest absolute Gasteiger partial charge is 0.481 e. The molecule has 2 aliphatic rings. The minimum absolute atomic E-state index is 0.206. The normalized spacial score (nSPS) is 20.6. The number of nitrogens with two attached hydrogens (primary N) is 1. The van der Waals surface area contributed by atoms with Crippen molar-refractivity contribution >= 4 is 5.97 Å². The summed E-state index contributed by atoms with van der Waals surface area (Å²) in [6.07, 6.45) is 1.27. The van der Waals surface area contributed by atoms with Gasteiger partial charge in [0.25, 0.3) is 0 Å². The van der Waals surface area contributed by atoms with Gasteiger partial charge in [0.15, 0.2) is 11.5 Å². The Morgan fingerprint density at radius 3 is 2.56 bits per heavy atom. The van der Waals surface area contributed by atoms with E-state index in [1.165, 1.54) is 0 Å². The molecule has 0 spiro atoms. The van der Waals surface area contributed by atoms with Crippen LogP contribution in [-0.4, -0.2) is 17.9 Å². The molecule has 5 nitrogen and oxygen atoms in total. The zero-order valence-electron chi connectivity index (χ0n) is 10.1. The van der Waals surface area contributed by atoms with Gasteiger partial charge in [0.1, 0.15) is 0 Å². The van der Waals surface area contributed by atoms with Gasteiger partial charge in [-0.2, -0.15) is 0 Å². The molecule has 1 aliphatic carbocycles. The van der Waals surface area contributed by atoms with Gasteiger partial charge >= 0.3 is 5.97 Å². The third-order valence-corrected chi connectivity index (χ3v) is 3.91. The lowest BCUT2D eigenvalue weighted by atomic mass is 9.88. The Balaban J connectivity index is 2.00. The van der Waals surface area contributed by atoms with E-state index in [1.54, 1.807) is 0 Å². The van der Waals surface area contributed by atoms with Gasteiger partial charge in [-0.15, -0.1) is 0 Å². The SMILES string of the molecule is Cc1cc2c(cc1C(N)C1(C(=O)O)CC1)OCO2. The zero-order chi connectivity index (χ0) is 12.9. The second-order valence-corrected chi connectivity index (χ2v) is 5.00. The number of fused-ring (bicyclic) bond motifs is 1. The molecule has 1 aromatic carbocycles. The minimum atomic E-state index is -0.813. The van der Waals surface area contributed by atoms with E-state index in [9.17, 15) is 9.90 Å². The van der Waals surface area contributed by atoms with E-state index in [1.807, 2.05) is 19.1 Å². The first-order chi connectivity index (χ1) is 8.54. The minimum Gasteiger partial charge on any atom is -0.481 e. The molecule has 1 aliphatic heterocycles. The Labute approximate surface area is 104 Å². The highest BCUT2D eigenvalue weighted by Gasteiger charge is 2.55. The van der Waals surface area contributed by atoms with Crippen LogP contribution in [0.3, 0.4) is 0 Å².